The van der Waals surface area contributed by atoms with Crippen molar-refractivity contribution in [3.8, 4) is 0 Å². The second-order valence-electron chi connectivity index (χ2n) is 21.0. The van der Waals surface area contributed by atoms with Gasteiger partial charge in [0.05, 0.1) is 25.4 Å². The molecule has 0 spiro atoms. The predicted octanol–water partition coefficient (Wildman–Crippen LogP) is 12.7. The molecule has 8 N–H and O–H groups in total. The van der Waals surface area contributed by atoms with Gasteiger partial charge in [0.1, 0.15) is 36.6 Å². The molecule has 0 bridgehead atoms. The van der Waals surface area contributed by atoms with Gasteiger partial charge in [-0.2, -0.15) is 0 Å². The first-order chi connectivity index (χ1) is 34.7. The summed E-state index contributed by atoms with van der Waals surface area (Å²) in [7, 11) is 0. The average Bonchev–Trinajstić information content (AvgIpc) is 3.37. The summed E-state index contributed by atoms with van der Waals surface area (Å²) in [6, 6.07) is -1.19. The van der Waals surface area contributed by atoms with Gasteiger partial charge in [0.2, 0.25) is 5.91 Å². The van der Waals surface area contributed by atoms with Crippen LogP contribution in [0.3, 0.4) is 0 Å². The summed E-state index contributed by atoms with van der Waals surface area (Å²) in [5, 5.41) is 75.8. The molecule has 0 saturated carbocycles. The van der Waals surface area contributed by atoms with E-state index in [0.29, 0.717) is 19.3 Å². The number of aliphatic hydroxyl groups excluding tert-OH is 7. The van der Waals surface area contributed by atoms with Crippen molar-refractivity contribution in [3.63, 3.8) is 0 Å². The van der Waals surface area contributed by atoms with E-state index in [1.54, 1.807) is 0 Å². The van der Waals surface area contributed by atoms with Crippen LogP contribution in [0, 0.1) is 0 Å². The van der Waals surface area contributed by atoms with E-state index < -0.39 is 74.2 Å². The molecule has 0 aromatic rings. The minimum absolute atomic E-state index is 0.245. The molecule has 1 heterocycles. The zero-order chi connectivity index (χ0) is 51.8. The third-order valence-electron chi connectivity index (χ3n) is 14.4. The SMILES string of the molecule is CCC/C=C/CC/C=C/CCCC(O)C(O)C(COC1OC(CO)C(O)C(O)C1O)NC(=O)C(O)CCCCCCCCCCCCCCCCCC/C=C\CCCCCCCCCCCCCCCC. The maximum atomic E-state index is 13.1. The lowest BCUT2D eigenvalue weighted by Gasteiger charge is -2.40. The van der Waals surface area contributed by atoms with Crippen molar-refractivity contribution >= 4 is 5.91 Å². The zero-order valence-electron chi connectivity index (χ0n) is 45.7. The number of carbonyl (C=O) groups is 1. The van der Waals surface area contributed by atoms with Gasteiger partial charge < -0.3 is 50.5 Å². The van der Waals surface area contributed by atoms with Crippen LogP contribution < -0.4 is 5.32 Å². The molecule has 9 unspecified atom stereocenters. The molecule has 1 aliphatic heterocycles. The van der Waals surface area contributed by atoms with E-state index in [1.165, 1.54) is 180 Å². The number of aliphatic hydroxyl groups is 7. The van der Waals surface area contributed by atoms with E-state index in [9.17, 15) is 40.5 Å². The molecule has 0 radical (unpaired) electrons. The van der Waals surface area contributed by atoms with Gasteiger partial charge in [-0.05, 0) is 70.6 Å². The van der Waals surface area contributed by atoms with Gasteiger partial charge in [-0.3, -0.25) is 4.79 Å². The van der Waals surface area contributed by atoms with Crippen LogP contribution >= 0.6 is 0 Å². The number of ether oxygens (including phenoxy) is 2. The van der Waals surface area contributed by atoms with E-state index in [-0.39, 0.29) is 12.8 Å². The van der Waals surface area contributed by atoms with Crippen molar-refractivity contribution in [2.75, 3.05) is 13.2 Å². The molecule has 1 fully saturated rings. The maximum Gasteiger partial charge on any atom is 0.249 e. The highest BCUT2D eigenvalue weighted by Crippen LogP contribution is 2.23. The predicted molar refractivity (Wildman–Crippen MR) is 293 cm³/mol. The van der Waals surface area contributed by atoms with Crippen LogP contribution in [0.1, 0.15) is 271 Å². The van der Waals surface area contributed by atoms with E-state index in [0.717, 1.165) is 44.9 Å². The standard InChI is InChI=1S/C60H113NO10/c1-3-5-7-9-11-13-15-16-17-18-19-20-21-22-23-24-25-26-27-28-29-30-31-32-33-34-35-36-37-38-40-42-44-46-48-53(64)59(69)61-51(50-70-60-58(68)57(67)56(66)54(49-62)71-60)55(65)52(63)47-45-43-41-39-14-12-10-8-6-4-2/h8,10,24-25,39,41,51-58,60,62-68H,3-7,9,11-23,26-38,40,42-50H2,1-2H3,(H,61,69)/b10-8+,25-24-,41-39+. The molecule has 0 aromatic heterocycles. The van der Waals surface area contributed by atoms with Gasteiger partial charge in [-0.15, -0.1) is 0 Å². The Morgan fingerprint density at radius 2 is 0.873 bits per heavy atom. The van der Waals surface area contributed by atoms with Gasteiger partial charge in [0, 0.05) is 0 Å². The van der Waals surface area contributed by atoms with E-state index in [1.807, 2.05) is 0 Å². The third kappa shape index (κ3) is 37.7. The molecule has 71 heavy (non-hydrogen) atoms. The fourth-order valence-electron chi connectivity index (χ4n) is 9.52. The highest BCUT2D eigenvalue weighted by molar-refractivity contribution is 5.80. The molecule has 1 rings (SSSR count). The quantitative estimate of drug-likeness (QED) is 0.0215. The Morgan fingerprint density at radius 3 is 1.31 bits per heavy atom. The maximum absolute atomic E-state index is 13.1. The molecule has 1 aliphatic rings. The summed E-state index contributed by atoms with van der Waals surface area (Å²) >= 11 is 0. The van der Waals surface area contributed by atoms with Crippen LogP contribution in [0.2, 0.25) is 0 Å². The molecule has 11 heteroatoms. The number of rotatable bonds is 51. The van der Waals surface area contributed by atoms with E-state index >= 15 is 0 Å². The van der Waals surface area contributed by atoms with Gasteiger partial charge in [-0.1, -0.05) is 237 Å². The molecule has 0 aliphatic carbocycles. The number of nitrogens with one attached hydrogen (secondary N) is 1. The fourth-order valence-corrected chi connectivity index (χ4v) is 9.52. The Hall–Kier alpha value is -1.67. The Labute approximate surface area is 435 Å². The topological polar surface area (TPSA) is 189 Å². The summed E-state index contributed by atoms with van der Waals surface area (Å²) in [4.78, 5) is 13.1. The Morgan fingerprint density at radius 1 is 0.479 bits per heavy atom. The molecule has 1 saturated heterocycles. The van der Waals surface area contributed by atoms with Crippen LogP contribution in [-0.2, 0) is 14.3 Å². The van der Waals surface area contributed by atoms with Crippen LogP contribution in [0.15, 0.2) is 36.5 Å². The molecule has 1 amide bonds. The average molecular weight is 1010 g/mol. The minimum Gasteiger partial charge on any atom is -0.394 e. The highest BCUT2D eigenvalue weighted by atomic mass is 16.7. The first kappa shape index (κ1) is 67.3. The van der Waals surface area contributed by atoms with Crippen molar-refractivity contribution in [2.24, 2.45) is 0 Å². The normalized spacial score (nSPS) is 20.4. The van der Waals surface area contributed by atoms with Crippen LogP contribution in [0.25, 0.3) is 0 Å². The number of amides is 1. The molecular formula is C60H113NO10. The summed E-state index contributed by atoms with van der Waals surface area (Å²) in [5.41, 5.74) is 0. The molecule has 0 aromatic carbocycles. The van der Waals surface area contributed by atoms with Crippen LogP contribution in [-0.4, -0.2) is 110 Å². The minimum atomic E-state index is -1.67. The molecule has 418 valence electrons. The molecule has 9 atom stereocenters. The van der Waals surface area contributed by atoms with Crippen molar-refractivity contribution in [3.05, 3.63) is 36.5 Å². The van der Waals surface area contributed by atoms with E-state index in [4.69, 9.17) is 9.47 Å². The van der Waals surface area contributed by atoms with Gasteiger partial charge >= 0.3 is 0 Å². The fraction of sp³-hybridized carbons (Fsp3) is 0.883. The number of hydrogen-bond donors (Lipinski definition) is 8. The lowest BCUT2D eigenvalue weighted by atomic mass is 9.98. The second kappa shape index (κ2) is 49.2. The molecule has 11 nitrogen and oxygen atoms in total. The summed E-state index contributed by atoms with van der Waals surface area (Å²) in [6.45, 7) is 3.36. The summed E-state index contributed by atoms with van der Waals surface area (Å²) in [5.74, 6) is -0.710. The van der Waals surface area contributed by atoms with Crippen molar-refractivity contribution in [1.29, 1.82) is 0 Å². The summed E-state index contributed by atoms with van der Waals surface area (Å²) in [6.07, 6.45) is 49.7. The van der Waals surface area contributed by atoms with Gasteiger partial charge in [0.25, 0.3) is 0 Å². The van der Waals surface area contributed by atoms with Gasteiger partial charge in [0.15, 0.2) is 6.29 Å². The lowest BCUT2D eigenvalue weighted by Crippen LogP contribution is -2.60. The van der Waals surface area contributed by atoms with E-state index in [2.05, 4.69) is 55.6 Å². The monoisotopic (exact) mass is 1010 g/mol. The summed E-state index contributed by atoms with van der Waals surface area (Å²) < 4.78 is 11.1. The smallest absolute Gasteiger partial charge is 0.249 e. The van der Waals surface area contributed by atoms with Crippen molar-refractivity contribution in [1.82, 2.24) is 5.32 Å². The third-order valence-corrected chi connectivity index (χ3v) is 14.4. The Balaban J connectivity index is 2.14. The Bertz CT molecular complexity index is 1250. The van der Waals surface area contributed by atoms with Crippen LogP contribution in [0.4, 0.5) is 0 Å². The lowest BCUT2D eigenvalue weighted by molar-refractivity contribution is -0.303. The number of allylic oxidation sites excluding steroid dienone is 6. The first-order valence-electron chi connectivity index (χ1n) is 29.9. The number of carbonyl (C=O) groups excluding carboxylic acids is 1. The van der Waals surface area contributed by atoms with Crippen molar-refractivity contribution in [2.45, 2.75) is 326 Å². The van der Waals surface area contributed by atoms with Crippen molar-refractivity contribution < 1.29 is 50.0 Å². The Kier molecular flexibility index (Phi) is 46.7. The zero-order valence-corrected chi connectivity index (χ0v) is 45.7. The number of hydrogen-bond acceptors (Lipinski definition) is 10. The largest absolute Gasteiger partial charge is 0.394 e. The highest BCUT2D eigenvalue weighted by Gasteiger charge is 2.44. The first-order valence-corrected chi connectivity index (χ1v) is 29.9. The number of unbranched alkanes of at least 4 members (excludes halogenated alkanes) is 33. The van der Waals surface area contributed by atoms with Gasteiger partial charge in [-0.25, -0.2) is 0 Å². The molecular weight excluding hydrogens is 895 g/mol. The van der Waals surface area contributed by atoms with Crippen LogP contribution in [0.5, 0.6) is 0 Å². The second-order valence-corrected chi connectivity index (χ2v) is 21.0.